The molecule has 2 aliphatic rings. The SMILES string of the molecule is O=C(O)CCN1CCN(C(=O)c2cc3c(s2)CCC3)CC1. The minimum atomic E-state index is -0.762. The van der Waals surface area contributed by atoms with Crippen molar-refractivity contribution < 1.29 is 14.7 Å². The third-order valence-corrected chi connectivity index (χ3v) is 5.48. The lowest BCUT2D eigenvalue weighted by molar-refractivity contribution is -0.137. The van der Waals surface area contributed by atoms with Crippen molar-refractivity contribution in [3.05, 3.63) is 21.4 Å². The number of hydrogen-bond acceptors (Lipinski definition) is 4. The van der Waals surface area contributed by atoms with Crippen molar-refractivity contribution in [3.63, 3.8) is 0 Å². The molecule has 6 heteroatoms. The lowest BCUT2D eigenvalue weighted by Gasteiger charge is -2.34. The van der Waals surface area contributed by atoms with E-state index < -0.39 is 5.97 Å². The molecule has 0 spiro atoms. The Hall–Kier alpha value is -1.40. The molecule has 1 N–H and O–H groups in total. The quantitative estimate of drug-likeness (QED) is 0.915. The van der Waals surface area contributed by atoms with Crippen LogP contribution in [-0.4, -0.2) is 59.5 Å². The molecule has 5 nitrogen and oxygen atoms in total. The van der Waals surface area contributed by atoms with Crippen LogP contribution < -0.4 is 0 Å². The molecule has 0 saturated carbocycles. The second-order valence-corrected chi connectivity index (χ2v) is 6.83. The number of carboxylic acid groups (broad SMARTS) is 1. The third-order valence-electron chi connectivity index (χ3n) is 4.26. The molecule has 114 valence electrons. The normalized spacial score (nSPS) is 18.8. The maximum Gasteiger partial charge on any atom is 0.304 e. The summed E-state index contributed by atoms with van der Waals surface area (Å²) in [5.74, 6) is -0.617. The fraction of sp³-hybridized carbons (Fsp3) is 0.600. The van der Waals surface area contributed by atoms with Crippen molar-refractivity contribution in [2.24, 2.45) is 0 Å². The van der Waals surface area contributed by atoms with E-state index in [9.17, 15) is 9.59 Å². The Labute approximate surface area is 128 Å². The van der Waals surface area contributed by atoms with Crippen LogP contribution in [0.3, 0.4) is 0 Å². The van der Waals surface area contributed by atoms with Crippen LogP contribution in [0.5, 0.6) is 0 Å². The van der Waals surface area contributed by atoms with E-state index >= 15 is 0 Å². The van der Waals surface area contributed by atoms with Gasteiger partial charge in [0.25, 0.3) is 5.91 Å². The first kappa shape index (κ1) is 14.5. The summed E-state index contributed by atoms with van der Waals surface area (Å²) in [6.07, 6.45) is 3.63. The molecule has 0 aromatic carbocycles. The molecule has 0 atom stereocenters. The van der Waals surface area contributed by atoms with Gasteiger partial charge >= 0.3 is 5.97 Å². The molecule has 0 radical (unpaired) electrons. The highest BCUT2D eigenvalue weighted by Gasteiger charge is 2.25. The summed E-state index contributed by atoms with van der Waals surface area (Å²) in [5, 5.41) is 8.70. The number of rotatable bonds is 4. The number of piperazine rings is 1. The predicted octanol–water partition coefficient (Wildman–Crippen LogP) is 1.47. The molecule has 2 heterocycles. The molecule has 0 bridgehead atoms. The zero-order valence-corrected chi connectivity index (χ0v) is 12.8. The fourth-order valence-electron chi connectivity index (χ4n) is 3.02. The van der Waals surface area contributed by atoms with Crippen LogP contribution in [0.15, 0.2) is 6.07 Å². The zero-order chi connectivity index (χ0) is 14.8. The summed E-state index contributed by atoms with van der Waals surface area (Å²) in [7, 11) is 0. The number of fused-ring (bicyclic) bond motifs is 1. The van der Waals surface area contributed by atoms with Crippen LogP contribution in [0.1, 0.15) is 33.0 Å². The van der Waals surface area contributed by atoms with Crippen molar-refractivity contribution in [2.75, 3.05) is 32.7 Å². The number of aryl methyl sites for hydroxylation is 2. The largest absolute Gasteiger partial charge is 0.481 e. The van der Waals surface area contributed by atoms with Crippen molar-refractivity contribution in [1.82, 2.24) is 9.80 Å². The van der Waals surface area contributed by atoms with Gasteiger partial charge in [-0.25, -0.2) is 0 Å². The van der Waals surface area contributed by atoms with Crippen LogP contribution in [0, 0.1) is 0 Å². The summed E-state index contributed by atoms with van der Waals surface area (Å²) < 4.78 is 0. The zero-order valence-electron chi connectivity index (χ0n) is 12.0. The maximum absolute atomic E-state index is 12.5. The monoisotopic (exact) mass is 308 g/mol. The molecule has 1 amide bonds. The molecule has 3 rings (SSSR count). The number of carbonyl (C=O) groups is 2. The van der Waals surface area contributed by atoms with Crippen LogP contribution in [0.25, 0.3) is 0 Å². The van der Waals surface area contributed by atoms with Gasteiger partial charge in [0.1, 0.15) is 0 Å². The van der Waals surface area contributed by atoms with Gasteiger partial charge in [0.15, 0.2) is 0 Å². The van der Waals surface area contributed by atoms with Gasteiger partial charge in [-0.3, -0.25) is 14.5 Å². The molecule has 0 unspecified atom stereocenters. The van der Waals surface area contributed by atoms with E-state index in [2.05, 4.69) is 11.0 Å². The lowest BCUT2D eigenvalue weighted by Crippen LogP contribution is -2.48. The fourth-order valence-corrected chi connectivity index (χ4v) is 4.24. The van der Waals surface area contributed by atoms with Gasteiger partial charge in [-0.1, -0.05) is 0 Å². The van der Waals surface area contributed by atoms with E-state index in [4.69, 9.17) is 5.11 Å². The predicted molar refractivity (Wildman–Crippen MR) is 80.9 cm³/mol. The van der Waals surface area contributed by atoms with Gasteiger partial charge in [-0.2, -0.15) is 0 Å². The van der Waals surface area contributed by atoms with Gasteiger partial charge in [0.2, 0.25) is 0 Å². The van der Waals surface area contributed by atoms with Crippen molar-refractivity contribution in [1.29, 1.82) is 0 Å². The average Bonchev–Trinajstić information content (AvgIpc) is 3.06. The van der Waals surface area contributed by atoms with Crippen LogP contribution in [-0.2, 0) is 17.6 Å². The van der Waals surface area contributed by atoms with Crippen molar-refractivity contribution in [2.45, 2.75) is 25.7 Å². The number of aliphatic carboxylic acids is 1. The summed E-state index contributed by atoms with van der Waals surface area (Å²) in [6.45, 7) is 3.50. The van der Waals surface area contributed by atoms with Gasteiger partial charge in [-0.15, -0.1) is 11.3 Å². The van der Waals surface area contributed by atoms with Crippen LogP contribution in [0.2, 0.25) is 0 Å². The first-order valence-electron chi connectivity index (χ1n) is 7.48. The van der Waals surface area contributed by atoms with E-state index in [1.54, 1.807) is 11.3 Å². The molecule has 1 aliphatic carbocycles. The highest BCUT2D eigenvalue weighted by atomic mass is 32.1. The molecule has 1 aromatic heterocycles. The molecule has 21 heavy (non-hydrogen) atoms. The topological polar surface area (TPSA) is 60.9 Å². The average molecular weight is 308 g/mol. The second kappa shape index (κ2) is 6.15. The van der Waals surface area contributed by atoms with E-state index in [0.717, 1.165) is 30.8 Å². The number of thiophene rings is 1. The van der Waals surface area contributed by atoms with Crippen LogP contribution >= 0.6 is 11.3 Å². The van der Waals surface area contributed by atoms with Crippen molar-refractivity contribution in [3.8, 4) is 0 Å². The molecule has 1 aliphatic heterocycles. The number of carboxylic acids is 1. The van der Waals surface area contributed by atoms with E-state index in [-0.39, 0.29) is 12.3 Å². The van der Waals surface area contributed by atoms with Gasteiger partial charge in [0, 0.05) is 37.6 Å². The summed E-state index contributed by atoms with van der Waals surface area (Å²) in [5.41, 5.74) is 1.36. The second-order valence-electron chi connectivity index (χ2n) is 5.69. The number of hydrogen-bond donors (Lipinski definition) is 1. The Morgan fingerprint density at radius 1 is 1.19 bits per heavy atom. The minimum absolute atomic E-state index is 0.146. The van der Waals surface area contributed by atoms with Gasteiger partial charge in [0.05, 0.1) is 11.3 Å². The number of nitrogens with zero attached hydrogens (tertiary/aromatic N) is 2. The Kier molecular flexibility index (Phi) is 4.26. The smallest absolute Gasteiger partial charge is 0.304 e. The number of carbonyl (C=O) groups excluding carboxylic acids is 1. The number of amides is 1. The van der Waals surface area contributed by atoms with E-state index in [0.29, 0.717) is 19.6 Å². The molecule has 1 saturated heterocycles. The van der Waals surface area contributed by atoms with Crippen LogP contribution in [0.4, 0.5) is 0 Å². The standard InChI is InChI=1S/C15H20N2O3S/c18-14(19)4-5-16-6-8-17(9-7-16)15(20)13-10-11-2-1-3-12(11)21-13/h10H,1-9H2,(H,18,19). The summed E-state index contributed by atoms with van der Waals surface area (Å²) in [6, 6.07) is 2.08. The third kappa shape index (κ3) is 3.27. The van der Waals surface area contributed by atoms with Gasteiger partial charge in [-0.05, 0) is 30.9 Å². The Morgan fingerprint density at radius 2 is 1.95 bits per heavy atom. The Morgan fingerprint density at radius 3 is 2.62 bits per heavy atom. The lowest BCUT2D eigenvalue weighted by atomic mass is 10.2. The van der Waals surface area contributed by atoms with Crippen molar-refractivity contribution >= 4 is 23.2 Å². The van der Waals surface area contributed by atoms with E-state index in [1.165, 1.54) is 16.9 Å². The Bertz CT molecular complexity index is 526. The molecule has 1 fully saturated rings. The minimum Gasteiger partial charge on any atom is -0.481 e. The highest BCUT2D eigenvalue weighted by Crippen LogP contribution is 2.31. The first-order chi connectivity index (χ1) is 10.1. The summed E-state index contributed by atoms with van der Waals surface area (Å²) in [4.78, 5) is 29.4. The van der Waals surface area contributed by atoms with E-state index in [1.807, 2.05) is 4.90 Å². The molecular formula is C15H20N2O3S. The highest BCUT2D eigenvalue weighted by molar-refractivity contribution is 7.14. The Balaban J connectivity index is 1.54. The molecule has 1 aromatic rings. The first-order valence-corrected chi connectivity index (χ1v) is 8.30. The maximum atomic E-state index is 12.5. The van der Waals surface area contributed by atoms with Gasteiger partial charge < -0.3 is 10.0 Å². The molecular weight excluding hydrogens is 288 g/mol. The summed E-state index contributed by atoms with van der Waals surface area (Å²) >= 11 is 1.66.